The second-order valence-corrected chi connectivity index (χ2v) is 7.57. The first-order valence-corrected chi connectivity index (χ1v) is 10.3. The first-order valence-electron chi connectivity index (χ1n) is 10.3. The summed E-state index contributed by atoms with van der Waals surface area (Å²) in [5.41, 5.74) is 3.03. The van der Waals surface area contributed by atoms with E-state index in [1.165, 1.54) is 6.92 Å². The molecule has 1 aliphatic heterocycles. The third-order valence-electron chi connectivity index (χ3n) is 5.29. The maximum absolute atomic E-state index is 13.1. The summed E-state index contributed by atoms with van der Waals surface area (Å²) in [6, 6.07) is 10.6. The molecule has 166 valence electrons. The Labute approximate surface area is 186 Å². The number of ether oxygens (including phenoxy) is 2. The molecule has 0 radical (unpaired) electrons. The van der Waals surface area contributed by atoms with Gasteiger partial charge in [-0.05, 0) is 30.7 Å². The number of fused-ring (bicyclic) bond motifs is 1. The molecule has 1 atom stereocenters. The number of nitrogens with zero attached hydrogens (tertiary/aromatic N) is 5. The zero-order chi connectivity index (χ0) is 22.7. The van der Waals surface area contributed by atoms with E-state index in [0.29, 0.717) is 31.1 Å². The SMILES string of the molecule is COCCn1cc(-c2ccc3c(c2)N(C(=O)Oc2ccccn2)CC(C)N3C(C)=O)cn1. The summed E-state index contributed by atoms with van der Waals surface area (Å²) in [5, 5.41) is 4.37. The van der Waals surface area contributed by atoms with Crippen LogP contribution in [0.1, 0.15) is 13.8 Å². The van der Waals surface area contributed by atoms with Gasteiger partial charge in [-0.25, -0.2) is 9.78 Å². The van der Waals surface area contributed by atoms with Crippen LogP contribution >= 0.6 is 0 Å². The molecule has 0 bridgehead atoms. The lowest BCUT2D eigenvalue weighted by atomic mass is 10.0. The number of hydrogen-bond acceptors (Lipinski definition) is 6. The van der Waals surface area contributed by atoms with E-state index in [4.69, 9.17) is 9.47 Å². The third-order valence-corrected chi connectivity index (χ3v) is 5.29. The van der Waals surface area contributed by atoms with Gasteiger partial charge in [0.2, 0.25) is 11.8 Å². The molecule has 3 heterocycles. The van der Waals surface area contributed by atoms with Gasteiger partial charge in [0, 0.05) is 44.6 Å². The number of carbonyl (C=O) groups is 2. The Kier molecular flexibility index (Phi) is 6.18. The summed E-state index contributed by atoms with van der Waals surface area (Å²) >= 11 is 0. The quantitative estimate of drug-likeness (QED) is 0.611. The van der Waals surface area contributed by atoms with Gasteiger partial charge in [-0.3, -0.25) is 14.4 Å². The molecule has 2 amide bonds. The molecule has 0 spiro atoms. The minimum Gasteiger partial charge on any atom is -0.391 e. The van der Waals surface area contributed by atoms with Crippen molar-refractivity contribution in [1.82, 2.24) is 14.8 Å². The minimum absolute atomic E-state index is 0.0865. The van der Waals surface area contributed by atoms with Crippen LogP contribution in [-0.4, -0.2) is 53.1 Å². The standard InChI is InChI=1S/C23H25N5O4/c1-16-14-27(23(30)32-22-6-4-5-9-24-22)21-12-18(7-8-20(21)28(16)17(2)29)19-13-25-26(15-19)10-11-31-3/h4-9,12-13,15-16H,10-11,14H2,1-3H3. The fraction of sp³-hybridized carbons (Fsp3) is 0.304. The van der Waals surface area contributed by atoms with Crippen molar-refractivity contribution in [3.63, 3.8) is 0 Å². The number of carbonyl (C=O) groups excluding carboxylic acids is 2. The minimum atomic E-state index is -0.548. The molecule has 9 nitrogen and oxygen atoms in total. The highest BCUT2D eigenvalue weighted by Crippen LogP contribution is 2.39. The van der Waals surface area contributed by atoms with Crippen molar-refractivity contribution in [2.75, 3.05) is 30.1 Å². The molecule has 0 N–H and O–H groups in total. The van der Waals surface area contributed by atoms with E-state index in [-0.39, 0.29) is 17.8 Å². The van der Waals surface area contributed by atoms with E-state index >= 15 is 0 Å². The van der Waals surface area contributed by atoms with E-state index < -0.39 is 6.09 Å². The Hall–Kier alpha value is -3.72. The molecule has 0 saturated carbocycles. The second-order valence-electron chi connectivity index (χ2n) is 7.57. The predicted molar refractivity (Wildman–Crippen MR) is 120 cm³/mol. The van der Waals surface area contributed by atoms with Crippen molar-refractivity contribution in [2.24, 2.45) is 0 Å². The summed E-state index contributed by atoms with van der Waals surface area (Å²) in [7, 11) is 1.65. The van der Waals surface area contributed by atoms with Gasteiger partial charge in [0.25, 0.3) is 0 Å². The molecule has 9 heteroatoms. The normalized spacial score (nSPS) is 15.4. The topological polar surface area (TPSA) is 89.8 Å². The van der Waals surface area contributed by atoms with Gasteiger partial charge in [0.05, 0.1) is 36.8 Å². The van der Waals surface area contributed by atoms with E-state index in [2.05, 4.69) is 10.1 Å². The zero-order valence-corrected chi connectivity index (χ0v) is 18.3. The Balaban J connectivity index is 1.70. The molecular weight excluding hydrogens is 410 g/mol. The van der Waals surface area contributed by atoms with Crippen molar-refractivity contribution in [2.45, 2.75) is 26.4 Å². The first-order chi connectivity index (χ1) is 15.5. The average Bonchev–Trinajstić information content (AvgIpc) is 3.26. The van der Waals surface area contributed by atoms with Gasteiger partial charge in [0.1, 0.15) is 0 Å². The Morgan fingerprint density at radius 2 is 2.00 bits per heavy atom. The lowest BCUT2D eigenvalue weighted by molar-refractivity contribution is -0.117. The summed E-state index contributed by atoms with van der Waals surface area (Å²) in [6.07, 6.45) is 4.70. The van der Waals surface area contributed by atoms with E-state index in [0.717, 1.165) is 11.1 Å². The Morgan fingerprint density at radius 1 is 1.16 bits per heavy atom. The molecular formula is C23H25N5O4. The molecule has 3 aromatic rings. The average molecular weight is 435 g/mol. The van der Waals surface area contributed by atoms with Crippen molar-refractivity contribution >= 4 is 23.4 Å². The van der Waals surface area contributed by atoms with Crippen LogP contribution in [0.15, 0.2) is 55.0 Å². The molecule has 32 heavy (non-hydrogen) atoms. The molecule has 2 aromatic heterocycles. The maximum atomic E-state index is 13.1. The summed E-state index contributed by atoms with van der Waals surface area (Å²) < 4.78 is 12.4. The van der Waals surface area contributed by atoms with Gasteiger partial charge >= 0.3 is 6.09 Å². The van der Waals surface area contributed by atoms with Gasteiger partial charge < -0.3 is 14.4 Å². The Morgan fingerprint density at radius 3 is 2.72 bits per heavy atom. The predicted octanol–water partition coefficient (Wildman–Crippen LogP) is 3.35. The third kappa shape index (κ3) is 4.33. The highest BCUT2D eigenvalue weighted by atomic mass is 16.6. The summed E-state index contributed by atoms with van der Waals surface area (Å²) in [6.45, 7) is 4.92. The van der Waals surface area contributed by atoms with Gasteiger partial charge in [-0.1, -0.05) is 12.1 Å². The first kappa shape index (κ1) is 21.5. The number of rotatable bonds is 5. The number of benzene rings is 1. The molecule has 1 aromatic carbocycles. The second kappa shape index (κ2) is 9.19. The van der Waals surface area contributed by atoms with E-state index in [1.54, 1.807) is 52.2 Å². The van der Waals surface area contributed by atoms with Crippen LogP contribution in [0.25, 0.3) is 11.1 Å². The van der Waals surface area contributed by atoms with Crippen LogP contribution in [-0.2, 0) is 16.1 Å². The van der Waals surface area contributed by atoms with E-state index in [9.17, 15) is 9.59 Å². The number of amides is 2. The van der Waals surface area contributed by atoms with Crippen LogP contribution in [0.5, 0.6) is 5.88 Å². The van der Waals surface area contributed by atoms with Crippen molar-refractivity contribution in [3.05, 3.63) is 55.0 Å². The summed E-state index contributed by atoms with van der Waals surface area (Å²) in [4.78, 5) is 32.7. The smallest absolute Gasteiger partial charge is 0.391 e. The molecule has 0 aliphatic carbocycles. The number of methoxy groups -OCH3 is 1. The summed E-state index contributed by atoms with van der Waals surface area (Å²) in [5.74, 6) is 0.132. The molecule has 4 rings (SSSR count). The van der Waals surface area contributed by atoms with Crippen molar-refractivity contribution in [3.8, 4) is 17.0 Å². The fourth-order valence-electron chi connectivity index (χ4n) is 3.83. The number of hydrogen-bond donors (Lipinski definition) is 0. The van der Waals surface area contributed by atoms with Crippen LogP contribution < -0.4 is 14.5 Å². The van der Waals surface area contributed by atoms with Crippen LogP contribution in [0.4, 0.5) is 16.2 Å². The number of pyridine rings is 1. The highest BCUT2D eigenvalue weighted by molar-refractivity contribution is 6.03. The van der Waals surface area contributed by atoms with Gasteiger partial charge in [-0.2, -0.15) is 5.10 Å². The zero-order valence-electron chi connectivity index (χ0n) is 18.3. The van der Waals surface area contributed by atoms with Crippen LogP contribution in [0.3, 0.4) is 0 Å². The molecule has 0 saturated heterocycles. The maximum Gasteiger partial charge on any atom is 0.421 e. The molecule has 1 unspecified atom stereocenters. The van der Waals surface area contributed by atoms with Crippen LogP contribution in [0, 0.1) is 0 Å². The van der Waals surface area contributed by atoms with Crippen molar-refractivity contribution < 1.29 is 19.1 Å². The Bertz CT molecular complexity index is 1110. The number of anilines is 2. The van der Waals surface area contributed by atoms with Crippen molar-refractivity contribution in [1.29, 1.82) is 0 Å². The monoisotopic (exact) mass is 435 g/mol. The van der Waals surface area contributed by atoms with Gasteiger partial charge in [0.15, 0.2) is 0 Å². The molecule has 0 fully saturated rings. The van der Waals surface area contributed by atoms with Crippen LogP contribution in [0.2, 0.25) is 0 Å². The molecule has 1 aliphatic rings. The lowest BCUT2D eigenvalue weighted by Gasteiger charge is -2.40. The number of aromatic nitrogens is 3. The highest BCUT2D eigenvalue weighted by Gasteiger charge is 2.35. The van der Waals surface area contributed by atoms with Gasteiger partial charge in [-0.15, -0.1) is 0 Å². The largest absolute Gasteiger partial charge is 0.421 e. The lowest BCUT2D eigenvalue weighted by Crippen LogP contribution is -2.52. The fourth-order valence-corrected chi connectivity index (χ4v) is 3.83. The van der Waals surface area contributed by atoms with E-state index in [1.807, 2.05) is 31.3 Å².